The fourth-order valence-electron chi connectivity index (χ4n) is 2.50. The molecule has 0 N–H and O–H groups in total. The third-order valence-electron chi connectivity index (χ3n) is 4.49. The Bertz CT molecular complexity index is 1130. The lowest BCUT2D eigenvalue weighted by Gasteiger charge is -2.22. The molecule has 2 rings (SSSR count). The van der Waals surface area contributed by atoms with Gasteiger partial charge in [-0.25, -0.2) is 13.6 Å². The number of hydrogen-bond donors (Lipinski definition) is 0. The first-order chi connectivity index (χ1) is 15.8. The summed E-state index contributed by atoms with van der Waals surface area (Å²) in [5.74, 6) is -8.16. The van der Waals surface area contributed by atoms with Gasteiger partial charge in [-0.2, -0.15) is 4.39 Å². The molecular formula is C20H20ClF3NO8P. The van der Waals surface area contributed by atoms with Crippen LogP contribution in [0.2, 0.25) is 5.02 Å². The molecular weight excluding hydrogens is 506 g/mol. The molecule has 9 nitrogen and oxygen atoms in total. The molecule has 0 amide bonds. The Morgan fingerprint density at radius 2 is 1.88 bits per heavy atom. The SMILES string of the molecule is CCOC(=O)COP(C)(=O)C(C)Oc1cc(Oc2c(F)c(F)c(C)c(F)c2Cl)ccc1[N+](=O)[O-]. The molecule has 0 aliphatic rings. The summed E-state index contributed by atoms with van der Waals surface area (Å²) in [5.41, 5.74) is -1.24. The van der Waals surface area contributed by atoms with Gasteiger partial charge in [0.15, 0.2) is 29.8 Å². The van der Waals surface area contributed by atoms with Crippen LogP contribution in [0.4, 0.5) is 18.9 Å². The molecule has 0 bridgehead atoms. The van der Waals surface area contributed by atoms with Crippen molar-refractivity contribution in [2.24, 2.45) is 0 Å². The third kappa shape index (κ3) is 6.19. The van der Waals surface area contributed by atoms with Gasteiger partial charge >= 0.3 is 11.7 Å². The van der Waals surface area contributed by atoms with Crippen LogP contribution < -0.4 is 9.47 Å². The zero-order valence-corrected chi connectivity index (χ0v) is 20.0. The number of carbonyl (C=O) groups is 1. The van der Waals surface area contributed by atoms with Crippen LogP contribution in [0.5, 0.6) is 17.2 Å². The largest absolute Gasteiger partial charge is 0.473 e. The third-order valence-corrected chi connectivity index (χ3v) is 6.90. The molecule has 0 radical (unpaired) electrons. The summed E-state index contributed by atoms with van der Waals surface area (Å²) in [6.45, 7) is 4.43. The van der Waals surface area contributed by atoms with Crippen LogP contribution in [0.3, 0.4) is 0 Å². The van der Waals surface area contributed by atoms with E-state index in [-0.39, 0.29) is 12.4 Å². The zero-order valence-electron chi connectivity index (χ0n) is 18.4. The van der Waals surface area contributed by atoms with Crippen LogP contribution in [-0.4, -0.2) is 36.6 Å². The Labute approximate surface area is 197 Å². The van der Waals surface area contributed by atoms with Gasteiger partial charge in [-0.15, -0.1) is 0 Å². The Balaban J connectivity index is 2.35. The lowest BCUT2D eigenvalue weighted by molar-refractivity contribution is -0.386. The lowest BCUT2D eigenvalue weighted by Crippen LogP contribution is -2.18. The van der Waals surface area contributed by atoms with Gasteiger partial charge in [0.05, 0.1) is 11.5 Å². The average molecular weight is 526 g/mol. The maximum Gasteiger partial charge on any atom is 0.332 e. The number of rotatable bonds is 10. The highest BCUT2D eigenvalue weighted by Crippen LogP contribution is 2.49. The van der Waals surface area contributed by atoms with E-state index in [2.05, 4.69) is 4.74 Å². The Morgan fingerprint density at radius 1 is 1.24 bits per heavy atom. The van der Waals surface area contributed by atoms with Gasteiger partial charge in [-0.3, -0.25) is 14.7 Å². The minimum Gasteiger partial charge on any atom is -0.473 e. The van der Waals surface area contributed by atoms with Crippen LogP contribution >= 0.6 is 19.0 Å². The van der Waals surface area contributed by atoms with Crippen molar-refractivity contribution >= 4 is 30.6 Å². The summed E-state index contributed by atoms with van der Waals surface area (Å²) < 4.78 is 75.4. The number of esters is 1. The molecule has 2 aromatic carbocycles. The Morgan fingerprint density at radius 3 is 2.47 bits per heavy atom. The fraction of sp³-hybridized carbons (Fsp3) is 0.350. The van der Waals surface area contributed by atoms with Crippen LogP contribution in [-0.2, 0) is 18.6 Å². The maximum absolute atomic E-state index is 14.3. The zero-order chi connectivity index (χ0) is 25.8. The second-order valence-electron chi connectivity index (χ2n) is 6.90. The molecule has 14 heteroatoms. The van der Waals surface area contributed by atoms with E-state index in [1.165, 1.54) is 6.92 Å². The normalized spacial score (nSPS) is 13.6. The number of nitrogens with zero attached hydrogens (tertiary/aromatic N) is 1. The smallest absolute Gasteiger partial charge is 0.332 e. The fourth-order valence-corrected chi connectivity index (χ4v) is 3.64. The van der Waals surface area contributed by atoms with E-state index in [0.717, 1.165) is 31.8 Å². The van der Waals surface area contributed by atoms with Crippen molar-refractivity contribution in [3.8, 4) is 17.2 Å². The van der Waals surface area contributed by atoms with Crippen molar-refractivity contribution in [1.82, 2.24) is 0 Å². The number of ether oxygens (including phenoxy) is 3. The van der Waals surface area contributed by atoms with E-state index in [0.29, 0.717) is 0 Å². The number of nitro benzene ring substituents is 1. The number of halogens is 4. The topological polar surface area (TPSA) is 114 Å². The summed E-state index contributed by atoms with van der Waals surface area (Å²) >= 11 is 5.74. The van der Waals surface area contributed by atoms with Gasteiger partial charge in [0.2, 0.25) is 18.9 Å². The second-order valence-corrected chi connectivity index (χ2v) is 10.1. The van der Waals surface area contributed by atoms with Gasteiger partial charge in [0.25, 0.3) is 0 Å². The van der Waals surface area contributed by atoms with Crippen LogP contribution in [0, 0.1) is 34.5 Å². The molecule has 0 fully saturated rings. The first-order valence-electron chi connectivity index (χ1n) is 9.62. The quantitative estimate of drug-likeness (QED) is 0.122. The standard InChI is InChI=1S/C20H20ClF3NO8P/c1-5-30-15(26)9-31-34(4,29)11(3)32-14-8-12(6-7-13(14)25(27)28)33-20-16(21)17(22)10(2)18(23)19(20)24/h6-8,11H,5,9H2,1-4H3. The second kappa shape index (κ2) is 11.1. The van der Waals surface area contributed by atoms with Crippen LogP contribution in [0.15, 0.2) is 18.2 Å². The van der Waals surface area contributed by atoms with Crippen molar-refractivity contribution in [2.75, 3.05) is 19.9 Å². The summed E-state index contributed by atoms with van der Waals surface area (Å²) in [7, 11) is -3.66. The molecule has 2 atom stereocenters. The summed E-state index contributed by atoms with van der Waals surface area (Å²) in [4.78, 5) is 22.0. The minimum absolute atomic E-state index is 0.0840. The van der Waals surface area contributed by atoms with Crippen molar-refractivity contribution in [2.45, 2.75) is 26.6 Å². The summed E-state index contributed by atoms with van der Waals surface area (Å²) in [5, 5.41) is 10.6. The van der Waals surface area contributed by atoms with E-state index in [4.69, 9.17) is 25.6 Å². The van der Waals surface area contributed by atoms with Gasteiger partial charge in [-0.05, 0) is 26.8 Å². The van der Waals surface area contributed by atoms with Gasteiger partial charge in [-0.1, -0.05) is 11.6 Å². The molecule has 2 aromatic rings. The van der Waals surface area contributed by atoms with Crippen molar-refractivity contribution in [3.05, 3.63) is 56.4 Å². The van der Waals surface area contributed by atoms with Crippen LogP contribution in [0.25, 0.3) is 0 Å². The minimum atomic E-state index is -3.66. The van der Waals surface area contributed by atoms with E-state index >= 15 is 0 Å². The molecule has 0 spiro atoms. The average Bonchev–Trinajstić information content (AvgIpc) is 2.78. The first kappa shape index (κ1) is 27.4. The van der Waals surface area contributed by atoms with E-state index in [1.807, 2.05) is 0 Å². The molecule has 186 valence electrons. The molecule has 0 aliphatic heterocycles. The lowest BCUT2D eigenvalue weighted by atomic mass is 10.2. The highest BCUT2D eigenvalue weighted by molar-refractivity contribution is 7.58. The molecule has 2 unspecified atom stereocenters. The number of hydrogen-bond acceptors (Lipinski definition) is 8. The monoisotopic (exact) mass is 525 g/mol. The molecule has 34 heavy (non-hydrogen) atoms. The summed E-state index contributed by atoms with van der Waals surface area (Å²) in [6.07, 6.45) is 0. The highest BCUT2D eigenvalue weighted by Gasteiger charge is 2.31. The van der Waals surface area contributed by atoms with Gasteiger partial charge < -0.3 is 18.7 Å². The van der Waals surface area contributed by atoms with Crippen LogP contribution in [0.1, 0.15) is 19.4 Å². The number of nitro groups is 1. The predicted octanol–water partition coefficient (Wildman–Crippen LogP) is 5.98. The Kier molecular flexibility index (Phi) is 8.93. The van der Waals surface area contributed by atoms with E-state index in [9.17, 15) is 32.6 Å². The van der Waals surface area contributed by atoms with E-state index < -0.39 is 75.9 Å². The predicted molar refractivity (Wildman–Crippen MR) is 115 cm³/mol. The highest BCUT2D eigenvalue weighted by atomic mass is 35.5. The van der Waals surface area contributed by atoms with E-state index in [1.54, 1.807) is 6.92 Å². The number of benzene rings is 2. The maximum atomic E-state index is 14.3. The van der Waals surface area contributed by atoms with Gasteiger partial charge in [0, 0.05) is 24.4 Å². The summed E-state index contributed by atoms with van der Waals surface area (Å²) in [6, 6.07) is 2.86. The van der Waals surface area contributed by atoms with Crippen molar-refractivity contribution in [1.29, 1.82) is 0 Å². The molecule has 0 saturated carbocycles. The number of carbonyl (C=O) groups excluding carboxylic acids is 1. The molecule has 0 heterocycles. The first-order valence-corrected chi connectivity index (χ1v) is 12.1. The van der Waals surface area contributed by atoms with Crippen molar-refractivity contribution < 1.29 is 46.2 Å². The molecule has 0 saturated heterocycles. The molecule has 0 aromatic heterocycles. The Hall–Kier alpha value is -2.82. The van der Waals surface area contributed by atoms with Gasteiger partial charge in [0.1, 0.15) is 10.8 Å². The molecule has 0 aliphatic carbocycles. The van der Waals surface area contributed by atoms with Crippen molar-refractivity contribution in [3.63, 3.8) is 0 Å².